The molecule has 0 aliphatic carbocycles. The maximum absolute atomic E-state index is 11.3. The predicted octanol–water partition coefficient (Wildman–Crippen LogP) is 3.17. The van der Waals surface area contributed by atoms with E-state index in [2.05, 4.69) is 4.74 Å². The van der Waals surface area contributed by atoms with E-state index < -0.39 is 17.1 Å². The number of alkyl halides is 1. The lowest BCUT2D eigenvalue weighted by Gasteiger charge is -2.03. The van der Waals surface area contributed by atoms with Gasteiger partial charge in [0.25, 0.3) is 5.06 Å². The molecule has 1 aromatic carbocycles. The molecule has 2 unspecified atom stereocenters. The highest BCUT2D eigenvalue weighted by Crippen LogP contribution is 2.55. The lowest BCUT2D eigenvalue weighted by atomic mass is 10.1. The molecule has 1 fully saturated rings. The van der Waals surface area contributed by atoms with Gasteiger partial charge in [0, 0.05) is 15.6 Å². The summed E-state index contributed by atoms with van der Waals surface area (Å²) in [5.41, 5.74) is 0.617. The predicted molar refractivity (Wildman–Crippen MR) is 60.9 cm³/mol. The average molecular weight is 282 g/mol. The van der Waals surface area contributed by atoms with Crippen molar-refractivity contribution in [3.05, 3.63) is 33.8 Å². The molecule has 2 rings (SSSR count). The SMILES string of the molecule is COC(=O)C1(Cl)OC1c1ccc(Cl)cc1Cl. The summed E-state index contributed by atoms with van der Waals surface area (Å²) in [4.78, 5) is 11.3. The van der Waals surface area contributed by atoms with Crippen molar-refractivity contribution in [1.82, 2.24) is 0 Å². The molecule has 1 aromatic rings. The van der Waals surface area contributed by atoms with Crippen molar-refractivity contribution in [2.75, 3.05) is 7.11 Å². The molecule has 86 valence electrons. The fourth-order valence-electron chi connectivity index (χ4n) is 1.41. The minimum Gasteiger partial charge on any atom is -0.466 e. The van der Waals surface area contributed by atoms with Crippen molar-refractivity contribution in [3.8, 4) is 0 Å². The van der Waals surface area contributed by atoms with Crippen LogP contribution in [0.5, 0.6) is 0 Å². The third-order valence-corrected chi connectivity index (χ3v) is 3.28. The number of carbonyl (C=O) groups is 1. The summed E-state index contributed by atoms with van der Waals surface area (Å²) in [5, 5.41) is -0.539. The molecule has 6 heteroatoms. The summed E-state index contributed by atoms with van der Waals surface area (Å²) < 4.78 is 9.65. The quantitative estimate of drug-likeness (QED) is 0.475. The van der Waals surface area contributed by atoms with Gasteiger partial charge in [-0.15, -0.1) is 0 Å². The zero-order chi connectivity index (χ0) is 11.9. The summed E-state index contributed by atoms with van der Waals surface area (Å²) in [7, 11) is 1.24. The molecule has 1 heterocycles. The fourth-order valence-corrected chi connectivity index (χ4v) is 2.20. The molecular weight excluding hydrogens is 274 g/mol. The van der Waals surface area contributed by atoms with Crippen molar-refractivity contribution in [1.29, 1.82) is 0 Å². The van der Waals surface area contributed by atoms with Gasteiger partial charge in [0.1, 0.15) is 6.10 Å². The van der Waals surface area contributed by atoms with Gasteiger partial charge in [-0.25, -0.2) is 4.79 Å². The van der Waals surface area contributed by atoms with Crippen LogP contribution in [0, 0.1) is 0 Å². The number of hydrogen-bond donors (Lipinski definition) is 0. The van der Waals surface area contributed by atoms with E-state index in [-0.39, 0.29) is 0 Å². The largest absolute Gasteiger partial charge is 0.466 e. The summed E-state index contributed by atoms with van der Waals surface area (Å²) in [6.07, 6.45) is -0.591. The minimum atomic E-state index is -1.45. The summed E-state index contributed by atoms with van der Waals surface area (Å²) in [6.45, 7) is 0. The average Bonchev–Trinajstić information content (AvgIpc) is 2.91. The Labute approximate surface area is 107 Å². The lowest BCUT2D eigenvalue weighted by Crippen LogP contribution is -2.20. The number of halogens is 3. The van der Waals surface area contributed by atoms with Gasteiger partial charge in [0.15, 0.2) is 0 Å². The number of methoxy groups -OCH3 is 1. The molecule has 1 aliphatic heterocycles. The number of esters is 1. The highest BCUT2D eigenvalue weighted by molar-refractivity contribution is 6.37. The van der Waals surface area contributed by atoms with Crippen molar-refractivity contribution in [2.45, 2.75) is 11.2 Å². The third-order valence-electron chi connectivity index (χ3n) is 2.28. The number of rotatable bonds is 2. The van der Waals surface area contributed by atoms with Crippen LogP contribution in [0.4, 0.5) is 0 Å². The fraction of sp³-hybridized carbons (Fsp3) is 0.300. The second kappa shape index (κ2) is 4.08. The van der Waals surface area contributed by atoms with Crippen molar-refractivity contribution >= 4 is 40.8 Å². The molecule has 0 saturated carbocycles. The Bertz CT molecular complexity index is 449. The van der Waals surface area contributed by atoms with Crippen LogP contribution < -0.4 is 0 Å². The second-order valence-corrected chi connectivity index (χ2v) is 4.71. The van der Waals surface area contributed by atoms with Crippen LogP contribution in [-0.2, 0) is 14.3 Å². The monoisotopic (exact) mass is 280 g/mol. The Balaban J connectivity index is 2.26. The van der Waals surface area contributed by atoms with Crippen LogP contribution in [-0.4, -0.2) is 18.1 Å². The van der Waals surface area contributed by atoms with Crippen molar-refractivity contribution in [2.24, 2.45) is 0 Å². The topological polar surface area (TPSA) is 38.8 Å². The third kappa shape index (κ3) is 1.89. The minimum absolute atomic E-state index is 0.406. The molecule has 0 aromatic heterocycles. The Morgan fingerprint density at radius 2 is 2.19 bits per heavy atom. The number of ether oxygens (including phenoxy) is 2. The van der Waals surface area contributed by atoms with Crippen LogP contribution in [0.25, 0.3) is 0 Å². The summed E-state index contributed by atoms with van der Waals surface area (Å²) in [5.74, 6) is -0.634. The number of epoxide rings is 1. The number of benzene rings is 1. The van der Waals surface area contributed by atoms with Crippen LogP contribution in [0.3, 0.4) is 0 Å². The van der Waals surface area contributed by atoms with Gasteiger partial charge in [0.05, 0.1) is 7.11 Å². The lowest BCUT2D eigenvalue weighted by molar-refractivity contribution is -0.143. The van der Waals surface area contributed by atoms with Gasteiger partial charge in [-0.3, -0.25) is 0 Å². The van der Waals surface area contributed by atoms with E-state index in [1.165, 1.54) is 7.11 Å². The molecule has 3 nitrogen and oxygen atoms in total. The molecule has 0 radical (unpaired) electrons. The Kier molecular flexibility index (Phi) is 3.05. The van der Waals surface area contributed by atoms with E-state index in [9.17, 15) is 4.79 Å². The van der Waals surface area contributed by atoms with E-state index in [1.54, 1.807) is 18.2 Å². The molecular formula is C10H7Cl3O3. The van der Waals surface area contributed by atoms with E-state index in [0.717, 1.165) is 0 Å². The molecule has 1 saturated heterocycles. The Morgan fingerprint density at radius 1 is 1.50 bits per heavy atom. The van der Waals surface area contributed by atoms with Gasteiger partial charge in [-0.2, -0.15) is 0 Å². The van der Waals surface area contributed by atoms with Crippen LogP contribution in [0.1, 0.15) is 11.7 Å². The van der Waals surface area contributed by atoms with Crippen LogP contribution in [0.2, 0.25) is 10.0 Å². The molecule has 0 N–H and O–H groups in total. The van der Waals surface area contributed by atoms with E-state index in [1.807, 2.05) is 0 Å². The van der Waals surface area contributed by atoms with Crippen LogP contribution in [0.15, 0.2) is 18.2 Å². The highest BCUT2D eigenvalue weighted by Gasteiger charge is 2.64. The summed E-state index contributed by atoms with van der Waals surface area (Å²) >= 11 is 17.6. The Morgan fingerprint density at radius 3 is 2.75 bits per heavy atom. The molecule has 0 amide bonds. The van der Waals surface area contributed by atoms with Gasteiger partial charge in [-0.1, -0.05) is 40.9 Å². The number of hydrogen-bond acceptors (Lipinski definition) is 3. The standard InChI is InChI=1S/C10H7Cl3O3/c1-15-9(14)10(13)8(16-10)6-3-2-5(11)4-7(6)12/h2-4,8H,1H3. The molecule has 0 spiro atoms. The molecule has 2 atom stereocenters. The summed E-state index contributed by atoms with van der Waals surface area (Å²) in [6, 6.07) is 4.89. The second-order valence-electron chi connectivity index (χ2n) is 3.30. The molecule has 16 heavy (non-hydrogen) atoms. The van der Waals surface area contributed by atoms with Crippen molar-refractivity contribution < 1.29 is 14.3 Å². The molecule has 1 aliphatic rings. The normalized spacial score (nSPS) is 27.6. The van der Waals surface area contributed by atoms with E-state index in [4.69, 9.17) is 39.5 Å². The zero-order valence-electron chi connectivity index (χ0n) is 8.17. The zero-order valence-corrected chi connectivity index (χ0v) is 10.4. The van der Waals surface area contributed by atoms with Crippen LogP contribution >= 0.6 is 34.8 Å². The van der Waals surface area contributed by atoms with Gasteiger partial charge >= 0.3 is 5.97 Å². The molecule has 0 bridgehead atoms. The number of carbonyl (C=O) groups excluding carboxylic acids is 1. The first-order valence-electron chi connectivity index (χ1n) is 4.39. The maximum Gasteiger partial charge on any atom is 0.357 e. The Hall–Kier alpha value is -0.480. The smallest absolute Gasteiger partial charge is 0.357 e. The first-order chi connectivity index (χ1) is 7.49. The van der Waals surface area contributed by atoms with Gasteiger partial charge in [0.2, 0.25) is 0 Å². The highest BCUT2D eigenvalue weighted by atomic mass is 35.5. The first-order valence-corrected chi connectivity index (χ1v) is 5.52. The van der Waals surface area contributed by atoms with Gasteiger partial charge in [-0.05, 0) is 12.1 Å². The van der Waals surface area contributed by atoms with Crippen molar-refractivity contribution in [3.63, 3.8) is 0 Å². The maximum atomic E-state index is 11.3. The van der Waals surface area contributed by atoms with E-state index in [0.29, 0.717) is 15.6 Å². The first kappa shape index (κ1) is 12.0. The van der Waals surface area contributed by atoms with E-state index >= 15 is 0 Å². The van der Waals surface area contributed by atoms with Gasteiger partial charge < -0.3 is 9.47 Å².